The van der Waals surface area contributed by atoms with Crippen molar-refractivity contribution in [3.63, 3.8) is 0 Å². The van der Waals surface area contributed by atoms with Crippen molar-refractivity contribution in [2.45, 2.75) is 32.0 Å². The molecule has 0 atom stereocenters. The summed E-state index contributed by atoms with van der Waals surface area (Å²) in [5, 5.41) is 0.607. The molecule has 15 heavy (non-hydrogen) atoms. The van der Waals surface area contributed by atoms with E-state index >= 15 is 0 Å². The van der Waals surface area contributed by atoms with Crippen molar-refractivity contribution >= 4 is 17.7 Å². The number of thioether (sulfide) groups is 1. The number of ether oxygens (including phenoxy) is 1. The van der Waals surface area contributed by atoms with Gasteiger partial charge in [-0.25, -0.2) is 9.97 Å². The second-order valence-electron chi connectivity index (χ2n) is 3.31. The number of rotatable bonds is 4. The Morgan fingerprint density at radius 1 is 1.60 bits per heavy atom. The third-order valence-corrected chi connectivity index (χ3v) is 2.29. The highest BCUT2D eigenvalue weighted by molar-refractivity contribution is 7.99. The first-order valence-electron chi connectivity index (χ1n) is 4.70. The van der Waals surface area contributed by atoms with Gasteiger partial charge in [0.05, 0.1) is 11.9 Å². The predicted molar refractivity (Wildman–Crippen MR) is 58.7 cm³/mol. The highest BCUT2D eigenvalue weighted by Gasteiger charge is 2.07. The monoisotopic (exact) mass is 226 g/mol. The van der Waals surface area contributed by atoms with E-state index in [2.05, 4.69) is 9.97 Å². The first-order valence-corrected chi connectivity index (χ1v) is 5.68. The second-order valence-corrected chi connectivity index (χ2v) is 4.25. The highest BCUT2D eigenvalue weighted by atomic mass is 32.2. The van der Waals surface area contributed by atoms with Crippen molar-refractivity contribution in [3.05, 3.63) is 18.0 Å². The van der Waals surface area contributed by atoms with Gasteiger partial charge in [0.15, 0.2) is 5.16 Å². The normalized spacial score (nSPS) is 10.4. The molecule has 0 spiro atoms. The summed E-state index contributed by atoms with van der Waals surface area (Å²) in [6, 6.07) is 1.82. The molecule has 0 unspecified atom stereocenters. The van der Waals surface area contributed by atoms with Gasteiger partial charge in [-0.15, -0.1) is 0 Å². The maximum Gasteiger partial charge on any atom is 0.316 e. The van der Waals surface area contributed by atoms with E-state index in [4.69, 9.17) is 4.74 Å². The zero-order valence-corrected chi connectivity index (χ0v) is 9.87. The average Bonchev–Trinajstić information content (AvgIpc) is 2.14. The van der Waals surface area contributed by atoms with Crippen LogP contribution in [0.15, 0.2) is 17.4 Å². The summed E-state index contributed by atoms with van der Waals surface area (Å²) in [6.45, 7) is 5.54. The van der Waals surface area contributed by atoms with Crippen LogP contribution in [0.25, 0.3) is 0 Å². The molecule has 0 aliphatic rings. The first-order chi connectivity index (χ1) is 7.08. The highest BCUT2D eigenvalue weighted by Crippen LogP contribution is 2.12. The summed E-state index contributed by atoms with van der Waals surface area (Å²) >= 11 is 1.29. The van der Waals surface area contributed by atoms with Crippen LogP contribution in [-0.4, -0.2) is 27.8 Å². The minimum Gasteiger partial charge on any atom is -0.462 e. The third-order valence-electron chi connectivity index (χ3n) is 1.46. The van der Waals surface area contributed by atoms with Gasteiger partial charge in [-0.1, -0.05) is 11.8 Å². The molecule has 82 valence electrons. The lowest BCUT2D eigenvalue weighted by atomic mass is 10.5. The van der Waals surface area contributed by atoms with Gasteiger partial charge in [0, 0.05) is 11.9 Å². The van der Waals surface area contributed by atoms with Gasteiger partial charge >= 0.3 is 5.97 Å². The minimum atomic E-state index is -0.236. The van der Waals surface area contributed by atoms with Crippen LogP contribution in [0.4, 0.5) is 0 Å². The summed E-state index contributed by atoms with van der Waals surface area (Å²) in [4.78, 5) is 19.4. The largest absolute Gasteiger partial charge is 0.462 e. The fraction of sp³-hybridized carbons (Fsp3) is 0.500. The first kappa shape index (κ1) is 12.0. The number of nitrogens with zero attached hydrogens (tertiary/aromatic N) is 2. The van der Waals surface area contributed by atoms with Gasteiger partial charge in [-0.05, 0) is 26.8 Å². The molecule has 0 aliphatic carbocycles. The van der Waals surface area contributed by atoms with Crippen molar-refractivity contribution in [1.82, 2.24) is 9.97 Å². The average molecular weight is 226 g/mol. The van der Waals surface area contributed by atoms with Gasteiger partial charge in [-0.2, -0.15) is 0 Å². The summed E-state index contributed by atoms with van der Waals surface area (Å²) in [6.07, 6.45) is 1.61. The Labute approximate surface area is 93.5 Å². The predicted octanol–water partition coefficient (Wildman–Crippen LogP) is 1.83. The summed E-state index contributed by atoms with van der Waals surface area (Å²) in [5.41, 5.74) is 0.893. The van der Waals surface area contributed by atoms with E-state index in [9.17, 15) is 4.79 Å². The van der Waals surface area contributed by atoms with Crippen LogP contribution in [-0.2, 0) is 9.53 Å². The summed E-state index contributed by atoms with van der Waals surface area (Å²) < 4.78 is 4.99. The quantitative estimate of drug-likeness (QED) is 0.445. The lowest BCUT2D eigenvalue weighted by molar-refractivity contribution is -0.144. The number of aromatic nitrogens is 2. The van der Waals surface area contributed by atoms with Crippen molar-refractivity contribution in [1.29, 1.82) is 0 Å². The van der Waals surface area contributed by atoms with Gasteiger partial charge in [0.1, 0.15) is 0 Å². The molecule has 0 aliphatic heterocycles. The zero-order chi connectivity index (χ0) is 11.3. The SMILES string of the molecule is Cc1ccnc(SCC(=O)OC(C)C)n1. The molecule has 1 rings (SSSR count). The summed E-state index contributed by atoms with van der Waals surface area (Å²) in [7, 11) is 0. The molecule has 1 aromatic rings. The Bertz CT molecular complexity index is 342. The molecule has 1 aromatic heterocycles. The van der Waals surface area contributed by atoms with Crippen molar-refractivity contribution in [2.24, 2.45) is 0 Å². The van der Waals surface area contributed by atoms with Crippen LogP contribution >= 0.6 is 11.8 Å². The zero-order valence-electron chi connectivity index (χ0n) is 9.06. The molecule has 5 heteroatoms. The van der Waals surface area contributed by atoms with E-state index in [-0.39, 0.29) is 17.8 Å². The number of carbonyl (C=O) groups excluding carboxylic acids is 1. The standard InChI is InChI=1S/C10H14N2O2S/c1-7(2)14-9(13)6-15-10-11-5-4-8(3)12-10/h4-5,7H,6H2,1-3H3. The smallest absolute Gasteiger partial charge is 0.316 e. The van der Waals surface area contributed by atoms with E-state index in [0.29, 0.717) is 5.16 Å². The molecule has 0 saturated carbocycles. The van der Waals surface area contributed by atoms with E-state index in [1.165, 1.54) is 11.8 Å². The topological polar surface area (TPSA) is 52.1 Å². The molecule has 1 heterocycles. The van der Waals surface area contributed by atoms with Gasteiger partial charge in [-0.3, -0.25) is 4.79 Å². The Balaban J connectivity index is 2.40. The molecule has 0 N–H and O–H groups in total. The van der Waals surface area contributed by atoms with Crippen LogP contribution in [0.3, 0.4) is 0 Å². The molecule has 4 nitrogen and oxygen atoms in total. The number of esters is 1. The number of aryl methyl sites for hydroxylation is 1. The van der Waals surface area contributed by atoms with Crippen molar-refractivity contribution < 1.29 is 9.53 Å². The Hall–Kier alpha value is -1.10. The van der Waals surface area contributed by atoms with Crippen LogP contribution in [0, 0.1) is 6.92 Å². The molecule has 0 amide bonds. The fourth-order valence-corrected chi connectivity index (χ4v) is 1.57. The fourth-order valence-electron chi connectivity index (χ4n) is 0.916. The Morgan fingerprint density at radius 2 is 2.33 bits per heavy atom. The maximum absolute atomic E-state index is 11.2. The van der Waals surface area contributed by atoms with Crippen LogP contribution in [0.1, 0.15) is 19.5 Å². The number of hydrogen-bond donors (Lipinski definition) is 0. The van der Waals surface area contributed by atoms with Gasteiger partial charge < -0.3 is 4.74 Å². The molecule has 0 saturated heterocycles. The van der Waals surface area contributed by atoms with Crippen LogP contribution < -0.4 is 0 Å². The van der Waals surface area contributed by atoms with E-state index in [1.54, 1.807) is 6.20 Å². The maximum atomic E-state index is 11.2. The molecular weight excluding hydrogens is 212 g/mol. The van der Waals surface area contributed by atoms with Crippen molar-refractivity contribution in [3.8, 4) is 0 Å². The summed E-state index contributed by atoms with van der Waals surface area (Å²) in [5.74, 6) is 0.0156. The van der Waals surface area contributed by atoms with E-state index in [1.807, 2.05) is 26.8 Å². The van der Waals surface area contributed by atoms with E-state index in [0.717, 1.165) is 5.69 Å². The van der Waals surface area contributed by atoms with Crippen LogP contribution in [0.5, 0.6) is 0 Å². The molecule has 0 fully saturated rings. The van der Waals surface area contributed by atoms with E-state index < -0.39 is 0 Å². The van der Waals surface area contributed by atoms with Gasteiger partial charge in [0.2, 0.25) is 0 Å². The molecular formula is C10H14N2O2S. The Kier molecular flexibility index (Phi) is 4.55. The molecule has 0 bridgehead atoms. The molecule has 0 aromatic carbocycles. The number of hydrogen-bond acceptors (Lipinski definition) is 5. The lowest BCUT2D eigenvalue weighted by Crippen LogP contribution is -2.13. The van der Waals surface area contributed by atoms with Gasteiger partial charge in [0.25, 0.3) is 0 Å². The van der Waals surface area contributed by atoms with Crippen molar-refractivity contribution in [2.75, 3.05) is 5.75 Å². The minimum absolute atomic E-state index is 0.0727. The second kappa shape index (κ2) is 5.70. The lowest BCUT2D eigenvalue weighted by Gasteiger charge is -2.06. The number of carbonyl (C=O) groups is 1. The molecule has 0 radical (unpaired) electrons. The van der Waals surface area contributed by atoms with Crippen LogP contribution in [0.2, 0.25) is 0 Å². The Morgan fingerprint density at radius 3 is 2.93 bits per heavy atom. The third kappa shape index (κ3) is 4.78.